The number of carbonyl (C=O) groups is 2. The van der Waals surface area contributed by atoms with E-state index in [1.54, 1.807) is 9.80 Å². The molecule has 31 heavy (non-hydrogen) atoms. The summed E-state index contributed by atoms with van der Waals surface area (Å²) in [6, 6.07) is 6.07. The Balaban J connectivity index is 0.00000171. The van der Waals surface area contributed by atoms with Gasteiger partial charge >= 0.3 is 0 Å². The molecule has 8 heteroatoms. The number of quaternary nitrogens is 1. The molecule has 2 amide bonds. The second-order valence-corrected chi connectivity index (χ2v) is 9.82. The molecule has 3 heterocycles. The number of likely N-dealkylation sites (tertiary alicyclic amines) is 1. The van der Waals surface area contributed by atoms with Crippen molar-refractivity contribution in [3.05, 3.63) is 24.4 Å². The Labute approximate surface area is 198 Å². The first-order chi connectivity index (χ1) is 13.8. The molecule has 0 radical (unpaired) electrons. The Hall–Kier alpha value is -1.37. The Kier molecular flexibility index (Phi) is 8.39. The number of piperazine rings is 1. The molecule has 1 aromatic heterocycles. The summed E-state index contributed by atoms with van der Waals surface area (Å²) >= 11 is 0. The summed E-state index contributed by atoms with van der Waals surface area (Å²) in [6.07, 6.45) is 5.52. The number of carbonyl (C=O) groups excluding carboxylic acids is 2. The molecular weight excluding hydrogens is 435 g/mol. The van der Waals surface area contributed by atoms with Crippen LogP contribution in [0.5, 0.6) is 0 Å². The number of imide groups is 1. The van der Waals surface area contributed by atoms with Crippen molar-refractivity contribution in [3.8, 4) is 0 Å². The third-order valence-corrected chi connectivity index (χ3v) is 8.11. The fourth-order valence-electron chi connectivity index (χ4n) is 5.60. The van der Waals surface area contributed by atoms with Crippen molar-refractivity contribution >= 4 is 30.0 Å². The number of aromatic nitrogens is 1. The number of fused-ring (bicyclic) bond motifs is 2. The molecule has 2 unspecified atom stereocenters. The highest BCUT2D eigenvalue weighted by Gasteiger charge is 2.64. The summed E-state index contributed by atoms with van der Waals surface area (Å²) in [6.45, 7) is 12.3. The molecule has 0 aromatic carbocycles. The van der Waals surface area contributed by atoms with Gasteiger partial charge in [0.1, 0.15) is 5.82 Å². The van der Waals surface area contributed by atoms with Crippen LogP contribution in [0.2, 0.25) is 0 Å². The van der Waals surface area contributed by atoms with Crippen molar-refractivity contribution in [1.29, 1.82) is 0 Å². The zero-order valence-electron chi connectivity index (χ0n) is 18.9. The highest BCUT2D eigenvalue weighted by atomic mass is 35.5. The van der Waals surface area contributed by atoms with E-state index < -0.39 is 0 Å². The fraction of sp³-hybridized carbons (Fsp3) is 0.696. The first-order valence-electron chi connectivity index (χ1n) is 11.2. The molecule has 1 aromatic rings. The molecule has 2 bridgehead atoms. The second kappa shape index (κ2) is 10.1. The van der Waals surface area contributed by atoms with Crippen LogP contribution in [0.15, 0.2) is 24.4 Å². The van der Waals surface area contributed by atoms with E-state index >= 15 is 0 Å². The zero-order chi connectivity index (χ0) is 20.6. The third-order valence-electron chi connectivity index (χ3n) is 8.11. The van der Waals surface area contributed by atoms with Gasteiger partial charge in [-0.2, -0.15) is 0 Å². The molecule has 0 spiro atoms. The molecule has 6 nitrogen and oxygen atoms in total. The minimum absolute atomic E-state index is 0. The molecule has 174 valence electrons. The number of hydrogen-bond acceptors (Lipinski definition) is 4. The molecule has 4 rings (SSSR count). The monoisotopic (exact) mass is 470 g/mol. The largest absolute Gasteiger partial charge is 1.00 e. The smallest absolute Gasteiger partial charge is 0.235 e. The molecule has 2 saturated heterocycles. The van der Waals surface area contributed by atoms with Crippen LogP contribution in [0.1, 0.15) is 46.5 Å². The lowest BCUT2D eigenvalue weighted by Crippen LogP contribution is -3.14. The maximum Gasteiger partial charge on any atom is 0.235 e. The topological polar surface area (TPSA) is 58.0 Å². The third kappa shape index (κ3) is 4.57. The van der Waals surface area contributed by atoms with Gasteiger partial charge in [-0.05, 0) is 43.2 Å². The number of pyridine rings is 1. The molecule has 2 atom stereocenters. The van der Waals surface area contributed by atoms with Crippen LogP contribution in [-0.2, 0) is 9.59 Å². The molecule has 1 saturated carbocycles. The summed E-state index contributed by atoms with van der Waals surface area (Å²) in [7, 11) is 0. The van der Waals surface area contributed by atoms with E-state index in [4.69, 9.17) is 0 Å². The van der Waals surface area contributed by atoms with E-state index in [1.807, 2.05) is 18.3 Å². The average Bonchev–Trinajstić information content (AvgIpc) is 2.92. The Morgan fingerprint density at radius 3 is 2.48 bits per heavy atom. The number of unbranched alkanes of at least 4 members (excludes halogenated alkanes) is 1. The first-order valence-corrected chi connectivity index (χ1v) is 11.2. The summed E-state index contributed by atoms with van der Waals surface area (Å²) < 4.78 is 0. The van der Waals surface area contributed by atoms with E-state index in [9.17, 15) is 9.59 Å². The number of rotatable bonds is 6. The van der Waals surface area contributed by atoms with Crippen molar-refractivity contribution in [3.63, 3.8) is 0 Å². The predicted octanol–water partition coefficient (Wildman–Crippen LogP) is -1.20. The van der Waals surface area contributed by atoms with Crippen LogP contribution in [0.3, 0.4) is 0 Å². The van der Waals surface area contributed by atoms with Gasteiger partial charge in [0.2, 0.25) is 11.8 Å². The van der Waals surface area contributed by atoms with E-state index in [-0.39, 0.29) is 53.4 Å². The van der Waals surface area contributed by atoms with E-state index in [2.05, 4.69) is 36.7 Å². The van der Waals surface area contributed by atoms with E-state index in [1.165, 1.54) is 0 Å². The minimum atomic E-state index is -0.376. The van der Waals surface area contributed by atoms with Crippen molar-refractivity contribution in [2.45, 2.75) is 46.5 Å². The Bertz CT molecular complexity index is 768. The lowest BCUT2D eigenvalue weighted by molar-refractivity contribution is -0.900. The van der Waals surface area contributed by atoms with Crippen LogP contribution in [-0.4, -0.2) is 61.0 Å². The summed E-state index contributed by atoms with van der Waals surface area (Å²) in [4.78, 5) is 36.0. The summed E-state index contributed by atoms with van der Waals surface area (Å²) in [5.41, 5.74) is -0.590. The van der Waals surface area contributed by atoms with Gasteiger partial charge in [0.05, 0.1) is 38.1 Å². The number of halogens is 2. The number of hydrogen-bond donors (Lipinski definition) is 1. The summed E-state index contributed by atoms with van der Waals surface area (Å²) in [5, 5.41) is 0. The van der Waals surface area contributed by atoms with Crippen molar-refractivity contribution in [2.75, 3.05) is 44.2 Å². The van der Waals surface area contributed by atoms with Gasteiger partial charge in [-0.3, -0.25) is 14.5 Å². The molecule has 2 aliphatic heterocycles. The van der Waals surface area contributed by atoms with Gasteiger partial charge in [-0.1, -0.05) is 26.8 Å². The molecule has 1 N–H and O–H groups in total. The molecular formula is C23H36Cl2N4O2. The minimum Gasteiger partial charge on any atom is -1.00 e. The first kappa shape index (κ1) is 25.9. The number of nitrogens with one attached hydrogen (secondary N) is 1. The van der Waals surface area contributed by atoms with Crippen LogP contribution in [0, 0.1) is 16.7 Å². The van der Waals surface area contributed by atoms with Gasteiger partial charge in [0.15, 0.2) is 0 Å². The van der Waals surface area contributed by atoms with E-state index in [0.717, 1.165) is 64.2 Å². The zero-order valence-corrected chi connectivity index (χ0v) is 20.5. The number of piperidine rings is 1. The SMILES string of the molecule is CC12CCC(C(=O)N(CCCC[NH+]3CCN(c4ccccn4)CC3)C1=O)C2(C)C.Cl.[Cl-]. The maximum atomic E-state index is 13.1. The van der Waals surface area contributed by atoms with Crippen LogP contribution >= 0.6 is 12.4 Å². The van der Waals surface area contributed by atoms with E-state index in [0.29, 0.717) is 6.54 Å². The Morgan fingerprint density at radius 2 is 1.84 bits per heavy atom. The maximum absolute atomic E-state index is 13.1. The number of amides is 2. The van der Waals surface area contributed by atoms with Crippen LogP contribution < -0.4 is 22.2 Å². The molecule has 3 fully saturated rings. The predicted molar refractivity (Wildman–Crippen MR) is 120 cm³/mol. The van der Waals surface area contributed by atoms with Gasteiger partial charge in [-0.25, -0.2) is 4.98 Å². The Morgan fingerprint density at radius 1 is 1.13 bits per heavy atom. The lowest BCUT2D eigenvalue weighted by atomic mass is 9.62. The van der Waals surface area contributed by atoms with Gasteiger partial charge in [0, 0.05) is 18.7 Å². The fourth-order valence-corrected chi connectivity index (χ4v) is 5.60. The average molecular weight is 471 g/mol. The van der Waals surface area contributed by atoms with Crippen molar-refractivity contribution < 1.29 is 26.9 Å². The highest BCUT2D eigenvalue weighted by Crippen LogP contribution is 2.60. The molecule has 3 aliphatic rings. The lowest BCUT2D eigenvalue weighted by Gasteiger charge is -2.47. The standard InChI is InChI=1S/C23H34N4O2.2ClH/c1-22(2)18-9-10-23(22,3)21(29)27(20(18)28)13-7-6-12-25-14-16-26(17-15-25)19-8-4-5-11-24-19;;/h4-5,8,11,18H,6-7,9-10,12-17H2,1-3H3;2*1H. The second-order valence-electron chi connectivity index (χ2n) is 9.82. The van der Waals surface area contributed by atoms with Crippen LogP contribution in [0.25, 0.3) is 0 Å². The van der Waals surface area contributed by atoms with Gasteiger partial charge < -0.3 is 22.2 Å². The summed E-state index contributed by atoms with van der Waals surface area (Å²) in [5.74, 6) is 1.22. The van der Waals surface area contributed by atoms with Crippen molar-refractivity contribution in [1.82, 2.24) is 9.88 Å². The normalized spacial score (nSPS) is 27.6. The number of anilines is 1. The van der Waals surface area contributed by atoms with Crippen LogP contribution in [0.4, 0.5) is 5.82 Å². The molecule has 1 aliphatic carbocycles. The number of nitrogens with zero attached hydrogens (tertiary/aromatic N) is 3. The van der Waals surface area contributed by atoms with Gasteiger partial charge in [0.25, 0.3) is 0 Å². The van der Waals surface area contributed by atoms with Gasteiger partial charge in [-0.15, -0.1) is 12.4 Å². The van der Waals surface area contributed by atoms with Crippen molar-refractivity contribution in [2.24, 2.45) is 16.7 Å². The highest BCUT2D eigenvalue weighted by molar-refractivity contribution is 6.03. The quantitative estimate of drug-likeness (QED) is 0.419.